The molecule has 1 aliphatic carbocycles. The lowest BCUT2D eigenvalue weighted by molar-refractivity contribution is 0.0915. The standard InChI is InChI=1S/C21H25N3O2S/c1-3-26-14-8-9-17-13(10-14)11-15-18(22)19(27-21(15)24-17)20(25)23-16-7-5-4-6-12(16)2/h8-12,16H,3-7,22H2,1-2H3,(H,23,25)/t12-,16+/m1/s1. The SMILES string of the molecule is CCOc1ccc2nc3sc(C(=O)N[C@H]4CCCC[C@H]4C)c(N)c3cc2c1. The summed E-state index contributed by atoms with van der Waals surface area (Å²) in [6.45, 7) is 4.79. The number of aromatic nitrogens is 1. The number of pyridine rings is 1. The minimum atomic E-state index is -0.0756. The van der Waals surface area contributed by atoms with Crippen molar-refractivity contribution in [2.24, 2.45) is 5.92 Å². The number of amides is 1. The van der Waals surface area contributed by atoms with Gasteiger partial charge in [-0.05, 0) is 49.9 Å². The number of benzene rings is 1. The van der Waals surface area contributed by atoms with Crippen LogP contribution in [0.2, 0.25) is 0 Å². The van der Waals surface area contributed by atoms with Crippen LogP contribution < -0.4 is 15.8 Å². The Labute approximate surface area is 162 Å². The minimum absolute atomic E-state index is 0.0756. The zero-order valence-corrected chi connectivity index (χ0v) is 16.6. The van der Waals surface area contributed by atoms with Crippen molar-refractivity contribution in [1.29, 1.82) is 0 Å². The Morgan fingerprint density at radius 2 is 2.15 bits per heavy atom. The molecule has 0 bridgehead atoms. The first-order chi connectivity index (χ1) is 13.1. The normalized spacial score (nSPS) is 20.1. The summed E-state index contributed by atoms with van der Waals surface area (Å²) in [7, 11) is 0. The van der Waals surface area contributed by atoms with E-state index in [0.717, 1.165) is 33.3 Å². The highest BCUT2D eigenvalue weighted by Gasteiger charge is 2.25. The van der Waals surface area contributed by atoms with Gasteiger partial charge in [-0.1, -0.05) is 19.8 Å². The summed E-state index contributed by atoms with van der Waals surface area (Å²) in [6.07, 6.45) is 4.63. The quantitative estimate of drug-likeness (QED) is 0.682. The zero-order valence-electron chi connectivity index (χ0n) is 15.7. The second-order valence-electron chi connectivity index (χ2n) is 7.32. The van der Waals surface area contributed by atoms with E-state index >= 15 is 0 Å². The van der Waals surface area contributed by atoms with Crippen LogP contribution in [0.15, 0.2) is 24.3 Å². The Kier molecular flexibility index (Phi) is 4.91. The molecule has 1 saturated carbocycles. The molecule has 1 amide bonds. The van der Waals surface area contributed by atoms with E-state index in [-0.39, 0.29) is 11.9 Å². The smallest absolute Gasteiger partial charge is 0.263 e. The van der Waals surface area contributed by atoms with Crippen LogP contribution in [0.5, 0.6) is 5.75 Å². The number of fused-ring (bicyclic) bond motifs is 2. The van der Waals surface area contributed by atoms with Crippen LogP contribution in [0.3, 0.4) is 0 Å². The van der Waals surface area contributed by atoms with Crippen molar-refractivity contribution in [3.05, 3.63) is 29.1 Å². The van der Waals surface area contributed by atoms with Crippen LogP contribution in [0.1, 0.15) is 49.2 Å². The summed E-state index contributed by atoms with van der Waals surface area (Å²) in [4.78, 5) is 18.9. The number of carbonyl (C=O) groups excluding carboxylic acids is 1. The van der Waals surface area contributed by atoms with Gasteiger partial charge in [0.15, 0.2) is 0 Å². The Morgan fingerprint density at radius 3 is 2.93 bits per heavy atom. The molecule has 5 nitrogen and oxygen atoms in total. The molecule has 6 heteroatoms. The molecule has 4 rings (SSSR count). The molecular weight excluding hydrogens is 358 g/mol. The number of nitrogen functional groups attached to an aromatic ring is 1. The van der Waals surface area contributed by atoms with Gasteiger partial charge in [0.1, 0.15) is 15.5 Å². The van der Waals surface area contributed by atoms with Crippen LogP contribution >= 0.6 is 11.3 Å². The number of nitrogens with two attached hydrogens (primary N) is 1. The van der Waals surface area contributed by atoms with E-state index in [9.17, 15) is 4.79 Å². The average Bonchev–Trinajstić information content (AvgIpc) is 2.98. The Hall–Kier alpha value is -2.34. The third kappa shape index (κ3) is 3.46. The van der Waals surface area contributed by atoms with E-state index in [1.165, 1.54) is 30.6 Å². The lowest BCUT2D eigenvalue weighted by Gasteiger charge is -2.29. The molecular formula is C21H25N3O2S. The molecule has 1 aromatic carbocycles. The lowest BCUT2D eigenvalue weighted by Crippen LogP contribution is -2.40. The number of nitrogens with one attached hydrogen (secondary N) is 1. The number of thiophene rings is 1. The summed E-state index contributed by atoms with van der Waals surface area (Å²) in [5, 5.41) is 5.00. The van der Waals surface area contributed by atoms with Crippen molar-refractivity contribution in [1.82, 2.24) is 10.3 Å². The molecule has 0 unspecified atom stereocenters. The zero-order chi connectivity index (χ0) is 19.0. The molecule has 0 radical (unpaired) electrons. The van der Waals surface area contributed by atoms with Crippen LogP contribution in [0.4, 0.5) is 5.69 Å². The summed E-state index contributed by atoms with van der Waals surface area (Å²) >= 11 is 1.37. The van der Waals surface area contributed by atoms with E-state index in [1.54, 1.807) is 0 Å². The maximum atomic E-state index is 12.9. The van der Waals surface area contributed by atoms with Crippen LogP contribution in [0, 0.1) is 5.92 Å². The fraction of sp³-hybridized carbons (Fsp3) is 0.429. The molecule has 142 valence electrons. The van der Waals surface area contributed by atoms with E-state index in [2.05, 4.69) is 12.2 Å². The Bertz CT molecular complexity index is 998. The van der Waals surface area contributed by atoms with E-state index in [1.807, 2.05) is 31.2 Å². The van der Waals surface area contributed by atoms with Crippen LogP contribution in [-0.4, -0.2) is 23.5 Å². The highest BCUT2D eigenvalue weighted by Crippen LogP contribution is 2.35. The summed E-state index contributed by atoms with van der Waals surface area (Å²) < 4.78 is 5.57. The number of ether oxygens (including phenoxy) is 1. The third-order valence-electron chi connectivity index (χ3n) is 5.43. The van der Waals surface area contributed by atoms with E-state index in [0.29, 0.717) is 23.1 Å². The maximum Gasteiger partial charge on any atom is 0.263 e. The predicted molar refractivity (Wildman–Crippen MR) is 112 cm³/mol. The topological polar surface area (TPSA) is 77.2 Å². The fourth-order valence-electron chi connectivity index (χ4n) is 3.87. The van der Waals surface area contributed by atoms with Crippen molar-refractivity contribution >= 4 is 44.1 Å². The van der Waals surface area contributed by atoms with Crippen LogP contribution in [0.25, 0.3) is 21.1 Å². The van der Waals surface area contributed by atoms with Gasteiger partial charge in [-0.3, -0.25) is 4.79 Å². The van der Waals surface area contributed by atoms with Gasteiger partial charge in [-0.25, -0.2) is 4.98 Å². The predicted octanol–water partition coefficient (Wildman–Crippen LogP) is 4.74. The molecule has 2 aromatic heterocycles. The highest BCUT2D eigenvalue weighted by molar-refractivity contribution is 7.21. The van der Waals surface area contributed by atoms with Gasteiger partial charge < -0.3 is 15.8 Å². The van der Waals surface area contributed by atoms with Crippen molar-refractivity contribution < 1.29 is 9.53 Å². The number of carbonyl (C=O) groups is 1. The van der Waals surface area contributed by atoms with Crippen molar-refractivity contribution in [2.45, 2.75) is 45.6 Å². The van der Waals surface area contributed by atoms with Gasteiger partial charge in [0.25, 0.3) is 5.91 Å². The maximum absolute atomic E-state index is 12.9. The van der Waals surface area contributed by atoms with Gasteiger partial charge in [-0.15, -0.1) is 11.3 Å². The first-order valence-corrected chi connectivity index (χ1v) is 10.4. The number of hydrogen-bond donors (Lipinski definition) is 2. The molecule has 0 spiro atoms. The Balaban J connectivity index is 1.68. The second-order valence-corrected chi connectivity index (χ2v) is 8.31. The number of rotatable bonds is 4. The monoisotopic (exact) mass is 383 g/mol. The first-order valence-electron chi connectivity index (χ1n) is 9.63. The highest BCUT2D eigenvalue weighted by atomic mass is 32.1. The van der Waals surface area contributed by atoms with E-state index < -0.39 is 0 Å². The van der Waals surface area contributed by atoms with Crippen molar-refractivity contribution in [3.8, 4) is 5.75 Å². The molecule has 27 heavy (non-hydrogen) atoms. The van der Waals surface area contributed by atoms with Gasteiger partial charge in [0.2, 0.25) is 0 Å². The number of anilines is 1. The van der Waals surface area contributed by atoms with Crippen molar-refractivity contribution in [3.63, 3.8) is 0 Å². The molecule has 0 aliphatic heterocycles. The molecule has 3 aromatic rings. The van der Waals surface area contributed by atoms with Gasteiger partial charge in [0, 0.05) is 16.8 Å². The minimum Gasteiger partial charge on any atom is -0.494 e. The largest absolute Gasteiger partial charge is 0.494 e. The summed E-state index contributed by atoms with van der Waals surface area (Å²) in [5.74, 6) is 1.24. The molecule has 2 heterocycles. The van der Waals surface area contributed by atoms with Crippen molar-refractivity contribution in [2.75, 3.05) is 12.3 Å². The third-order valence-corrected chi connectivity index (χ3v) is 6.54. The van der Waals surface area contributed by atoms with Gasteiger partial charge >= 0.3 is 0 Å². The summed E-state index contributed by atoms with van der Waals surface area (Å²) in [5.41, 5.74) is 7.74. The molecule has 0 saturated heterocycles. The van der Waals surface area contributed by atoms with Crippen LogP contribution in [-0.2, 0) is 0 Å². The van der Waals surface area contributed by atoms with Gasteiger partial charge in [0.05, 0.1) is 17.8 Å². The number of hydrogen-bond acceptors (Lipinski definition) is 5. The first kappa shape index (κ1) is 18.0. The van der Waals surface area contributed by atoms with E-state index in [4.69, 9.17) is 15.5 Å². The molecule has 3 N–H and O–H groups in total. The molecule has 1 aliphatic rings. The summed E-state index contributed by atoms with van der Waals surface area (Å²) in [6, 6.07) is 8.06. The van der Waals surface area contributed by atoms with Gasteiger partial charge in [-0.2, -0.15) is 0 Å². The fourth-order valence-corrected chi connectivity index (χ4v) is 4.86. The molecule has 1 fully saturated rings. The lowest BCUT2D eigenvalue weighted by atomic mass is 9.86. The number of nitrogens with zero attached hydrogens (tertiary/aromatic N) is 1. The molecule has 2 atom stereocenters. The second kappa shape index (κ2) is 7.35. The Morgan fingerprint density at radius 1 is 1.33 bits per heavy atom. The average molecular weight is 384 g/mol.